The molecular weight excluding hydrogens is 414 g/mol. The molecule has 33 heavy (non-hydrogen) atoms. The predicted octanol–water partition coefficient (Wildman–Crippen LogP) is 5.09. The largest absolute Gasteiger partial charge is 0.488 e. The van der Waals surface area contributed by atoms with Crippen LogP contribution in [0.25, 0.3) is 22.4 Å². The molecule has 0 atom stereocenters. The number of rotatable bonds is 6. The summed E-state index contributed by atoms with van der Waals surface area (Å²) in [6, 6.07) is 19.7. The van der Waals surface area contributed by atoms with E-state index in [2.05, 4.69) is 32.4 Å². The first-order chi connectivity index (χ1) is 16.2. The zero-order chi connectivity index (χ0) is 22.5. The Morgan fingerprint density at radius 3 is 2.33 bits per heavy atom. The number of benzene rings is 2. The molecule has 1 aliphatic heterocycles. The highest BCUT2D eigenvalue weighted by atomic mass is 16.5. The van der Waals surface area contributed by atoms with Crippen LogP contribution in [0.2, 0.25) is 0 Å². The standard InChI is InChI=1S/C26H25N5O2/c27-23-17-20(3-6-25(23)33-22-10-15-32-16-11-22)24-9-14-29-26(31-24)30-21-4-1-18(2-5-21)19-7-12-28-13-8-19/h1-9,12-14,17,22H,10-11,15-16,27H2,(H,29,30,31). The summed E-state index contributed by atoms with van der Waals surface area (Å²) >= 11 is 0. The number of anilines is 3. The second kappa shape index (κ2) is 9.67. The third kappa shape index (κ3) is 5.10. The molecule has 1 saturated heterocycles. The van der Waals surface area contributed by atoms with Gasteiger partial charge in [0.2, 0.25) is 5.95 Å². The quantitative estimate of drug-likeness (QED) is 0.404. The topological polar surface area (TPSA) is 95.2 Å². The Kier molecular flexibility index (Phi) is 6.12. The molecule has 0 spiro atoms. The highest BCUT2D eigenvalue weighted by Crippen LogP contribution is 2.30. The highest BCUT2D eigenvalue weighted by Gasteiger charge is 2.17. The number of nitrogens with two attached hydrogens (primary N) is 1. The molecule has 3 heterocycles. The van der Waals surface area contributed by atoms with E-state index in [1.54, 1.807) is 18.6 Å². The Morgan fingerprint density at radius 2 is 1.58 bits per heavy atom. The molecule has 7 heteroatoms. The van der Waals surface area contributed by atoms with Gasteiger partial charge in [-0.1, -0.05) is 12.1 Å². The van der Waals surface area contributed by atoms with Gasteiger partial charge in [-0.25, -0.2) is 9.97 Å². The molecule has 2 aromatic carbocycles. The number of pyridine rings is 1. The molecule has 5 rings (SSSR count). The molecule has 2 aromatic heterocycles. The van der Waals surface area contributed by atoms with Crippen LogP contribution in [0.15, 0.2) is 79.3 Å². The van der Waals surface area contributed by atoms with Crippen LogP contribution in [0.4, 0.5) is 17.3 Å². The van der Waals surface area contributed by atoms with Crippen molar-refractivity contribution in [3.8, 4) is 28.1 Å². The van der Waals surface area contributed by atoms with Gasteiger partial charge in [-0.15, -0.1) is 0 Å². The van der Waals surface area contributed by atoms with Crippen molar-refractivity contribution in [3.63, 3.8) is 0 Å². The van der Waals surface area contributed by atoms with E-state index in [1.807, 2.05) is 48.5 Å². The van der Waals surface area contributed by atoms with Crippen molar-refractivity contribution < 1.29 is 9.47 Å². The summed E-state index contributed by atoms with van der Waals surface area (Å²) in [5.41, 5.74) is 11.7. The Labute approximate surface area is 192 Å². The van der Waals surface area contributed by atoms with Crippen molar-refractivity contribution in [2.45, 2.75) is 18.9 Å². The summed E-state index contributed by atoms with van der Waals surface area (Å²) < 4.78 is 11.5. The minimum atomic E-state index is 0.145. The number of aromatic nitrogens is 3. The van der Waals surface area contributed by atoms with Gasteiger partial charge in [0.25, 0.3) is 0 Å². The maximum Gasteiger partial charge on any atom is 0.227 e. The van der Waals surface area contributed by atoms with Gasteiger partial charge >= 0.3 is 0 Å². The second-order valence-electron chi connectivity index (χ2n) is 7.89. The zero-order valence-corrected chi connectivity index (χ0v) is 18.1. The first-order valence-corrected chi connectivity index (χ1v) is 11.0. The van der Waals surface area contributed by atoms with Crippen molar-refractivity contribution in [1.29, 1.82) is 0 Å². The molecule has 1 fully saturated rings. The lowest BCUT2D eigenvalue weighted by molar-refractivity contribution is 0.0259. The molecule has 0 aliphatic carbocycles. The van der Waals surface area contributed by atoms with Crippen LogP contribution in [-0.4, -0.2) is 34.3 Å². The van der Waals surface area contributed by atoms with Gasteiger partial charge in [-0.3, -0.25) is 4.98 Å². The summed E-state index contributed by atoms with van der Waals surface area (Å²) in [6.07, 6.45) is 7.22. The van der Waals surface area contributed by atoms with E-state index in [0.717, 1.165) is 54.1 Å². The molecule has 7 nitrogen and oxygen atoms in total. The van der Waals surface area contributed by atoms with E-state index in [9.17, 15) is 0 Å². The normalized spacial score (nSPS) is 14.1. The Morgan fingerprint density at radius 1 is 0.848 bits per heavy atom. The molecule has 0 amide bonds. The Bertz CT molecular complexity index is 1210. The number of nitrogens with one attached hydrogen (secondary N) is 1. The van der Waals surface area contributed by atoms with Gasteiger partial charge in [0.1, 0.15) is 11.9 Å². The monoisotopic (exact) mass is 439 g/mol. The first-order valence-electron chi connectivity index (χ1n) is 11.0. The lowest BCUT2D eigenvalue weighted by atomic mass is 10.1. The molecule has 0 radical (unpaired) electrons. The van der Waals surface area contributed by atoms with Gasteiger partial charge in [0.15, 0.2) is 0 Å². The van der Waals surface area contributed by atoms with Crippen molar-refractivity contribution >= 4 is 17.3 Å². The number of nitrogen functional groups attached to an aromatic ring is 1. The SMILES string of the molecule is Nc1cc(-c2ccnc(Nc3ccc(-c4ccncc4)cc3)n2)ccc1OC1CCOCC1. The van der Waals surface area contributed by atoms with Gasteiger partial charge < -0.3 is 20.5 Å². The fraction of sp³-hybridized carbons (Fsp3) is 0.192. The third-order valence-electron chi connectivity index (χ3n) is 5.58. The average Bonchev–Trinajstić information content (AvgIpc) is 2.87. The average molecular weight is 440 g/mol. The van der Waals surface area contributed by atoms with Gasteiger partial charge in [0.05, 0.1) is 24.6 Å². The van der Waals surface area contributed by atoms with Crippen LogP contribution in [0.3, 0.4) is 0 Å². The van der Waals surface area contributed by atoms with E-state index >= 15 is 0 Å². The Hall–Kier alpha value is -3.97. The maximum absolute atomic E-state index is 6.28. The highest BCUT2D eigenvalue weighted by molar-refractivity contribution is 5.70. The summed E-state index contributed by atoms with van der Waals surface area (Å²) in [6.45, 7) is 1.46. The van der Waals surface area contributed by atoms with E-state index in [1.165, 1.54) is 0 Å². The van der Waals surface area contributed by atoms with Crippen LogP contribution in [0.1, 0.15) is 12.8 Å². The van der Waals surface area contributed by atoms with Gasteiger partial charge in [-0.05, 0) is 59.7 Å². The lowest BCUT2D eigenvalue weighted by Gasteiger charge is -2.24. The fourth-order valence-corrected chi connectivity index (χ4v) is 3.79. The molecule has 0 bridgehead atoms. The Balaban J connectivity index is 1.29. The minimum absolute atomic E-state index is 0.145. The fourth-order valence-electron chi connectivity index (χ4n) is 3.79. The van der Waals surface area contributed by atoms with E-state index in [4.69, 9.17) is 15.2 Å². The lowest BCUT2D eigenvalue weighted by Crippen LogP contribution is -2.26. The van der Waals surface area contributed by atoms with Crippen LogP contribution in [0.5, 0.6) is 5.75 Å². The van der Waals surface area contributed by atoms with Crippen LogP contribution in [0, 0.1) is 0 Å². The molecule has 3 N–H and O–H groups in total. The molecule has 0 unspecified atom stereocenters. The molecule has 4 aromatic rings. The first kappa shape index (κ1) is 20.9. The summed E-state index contributed by atoms with van der Waals surface area (Å²) in [4.78, 5) is 13.1. The molecule has 1 aliphatic rings. The summed E-state index contributed by atoms with van der Waals surface area (Å²) in [5, 5.41) is 3.27. The van der Waals surface area contributed by atoms with Crippen LogP contribution in [-0.2, 0) is 4.74 Å². The van der Waals surface area contributed by atoms with Crippen molar-refractivity contribution in [3.05, 3.63) is 79.3 Å². The summed E-state index contributed by atoms with van der Waals surface area (Å²) in [5.74, 6) is 1.22. The molecule has 0 saturated carbocycles. The van der Waals surface area contributed by atoms with Crippen molar-refractivity contribution in [1.82, 2.24) is 15.0 Å². The van der Waals surface area contributed by atoms with Gasteiger partial charge in [0, 0.05) is 42.7 Å². The number of nitrogens with zero attached hydrogens (tertiary/aromatic N) is 3. The van der Waals surface area contributed by atoms with Crippen LogP contribution < -0.4 is 15.8 Å². The van der Waals surface area contributed by atoms with E-state index < -0.39 is 0 Å². The third-order valence-corrected chi connectivity index (χ3v) is 5.58. The smallest absolute Gasteiger partial charge is 0.227 e. The van der Waals surface area contributed by atoms with Crippen LogP contribution >= 0.6 is 0 Å². The van der Waals surface area contributed by atoms with E-state index in [0.29, 0.717) is 17.4 Å². The van der Waals surface area contributed by atoms with E-state index in [-0.39, 0.29) is 6.10 Å². The number of hydrogen-bond acceptors (Lipinski definition) is 7. The molecule has 166 valence electrons. The second-order valence-corrected chi connectivity index (χ2v) is 7.89. The van der Waals surface area contributed by atoms with Crippen molar-refractivity contribution in [2.24, 2.45) is 0 Å². The van der Waals surface area contributed by atoms with Crippen molar-refractivity contribution in [2.75, 3.05) is 24.3 Å². The number of ether oxygens (including phenoxy) is 2. The van der Waals surface area contributed by atoms with Gasteiger partial charge in [-0.2, -0.15) is 0 Å². The minimum Gasteiger partial charge on any atom is -0.488 e. The predicted molar refractivity (Wildman–Crippen MR) is 129 cm³/mol. The zero-order valence-electron chi connectivity index (χ0n) is 18.1. The number of hydrogen-bond donors (Lipinski definition) is 2. The molecular formula is C26H25N5O2. The maximum atomic E-state index is 6.28. The summed E-state index contributed by atoms with van der Waals surface area (Å²) in [7, 11) is 0.